The Morgan fingerprint density at radius 2 is 1.97 bits per heavy atom. The number of rotatable bonds is 7. The number of aliphatic hydroxyl groups is 1. The van der Waals surface area contributed by atoms with E-state index in [1.807, 2.05) is 25.1 Å². The van der Waals surface area contributed by atoms with Gasteiger partial charge in [0.25, 0.3) is 0 Å². The third-order valence-corrected chi connectivity index (χ3v) is 4.31. The molecule has 0 saturated carbocycles. The number of nitrogens with zero attached hydrogens (tertiary/aromatic N) is 3. The normalized spacial score (nSPS) is 14.5. The number of carboxylic acids is 1. The van der Waals surface area contributed by atoms with E-state index in [1.165, 1.54) is 6.33 Å². The molecule has 1 aromatic heterocycles. The summed E-state index contributed by atoms with van der Waals surface area (Å²) in [4.78, 5) is 12.8. The van der Waals surface area contributed by atoms with E-state index in [-0.39, 0.29) is 18.2 Å². The first kappa shape index (κ1) is 24.9. The standard InChI is InChI=1S/C16H23ClN4O.C2HF3O2/c1-4-13(7-11(2)22)20-12(3)15-6-5-14(8-16(15)17)21-10-18-9-19-21;3-2(4,5)1(6)7/h5-6,8-13,20,22H,4,7H2,1-3H3;(H,6,7). The summed E-state index contributed by atoms with van der Waals surface area (Å²) in [5.74, 6) is -2.76. The maximum absolute atomic E-state index is 10.6. The predicted molar refractivity (Wildman–Crippen MR) is 102 cm³/mol. The molecule has 0 fully saturated rings. The van der Waals surface area contributed by atoms with E-state index in [1.54, 1.807) is 11.0 Å². The van der Waals surface area contributed by atoms with Gasteiger partial charge in [-0.05, 0) is 44.4 Å². The first-order chi connectivity index (χ1) is 13.5. The number of carbonyl (C=O) groups is 1. The van der Waals surface area contributed by atoms with E-state index >= 15 is 0 Å². The molecule has 7 nitrogen and oxygen atoms in total. The highest BCUT2D eigenvalue weighted by molar-refractivity contribution is 6.31. The highest BCUT2D eigenvalue weighted by Crippen LogP contribution is 2.26. The Morgan fingerprint density at radius 1 is 1.34 bits per heavy atom. The minimum Gasteiger partial charge on any atom is -0.475 e. The summed E-state index contributed by atoms with van der Waals surface area (Å²) >= 11 is 6.42. The third-order valence-electron chi connectivity index (χ3n) is 3.98. The van der Waals surface area contributed by atoms with Crippen molar-refractivity contribution in [3.63, 3.8) is 0 Å². The minimum atomic E-state index is -5.08. The van der Waals surface area contributed by atoms with E-state index in [4.69, 9.17) is 21.5 Å². The van der Waals surface area contributed by atoms with Crippen LogP contribution in [0.3, 0.4) is 0 Å². The fraction of sp³-hybridized carbons (Fsp3) is 0.500. The molecule has 162 valence electrons. The van der Waals surface area contributed by atoms with Gasteiger partial charge in [-0.25, -0.2) is 14.5 Å². The maximum atomic E-state index is 10.6. The molecule has 1 heterocycles. The number of benzene rings is 1. The number of aliphatic hydroxyl groups excluding tert-OH is 1. The Hall–Kier alpha value is -2.17. The van der Waals surface area contributed by atoms with Crippen molar-refractivity contribution in [2.45, 2.75) is 58.0 Å². The van der Waals surface area contributed by atoms with Crippen molar-refractivity contribution in [2.24, 2.45) is 0 Å². The van der Waals surface area contributed by atoms with Crippen LogP contribution in [0.5, 0.6) is 0 Å². The summed E-state index contributed by atoms with van der Waals surface area (Å²) in [7, 11) is 0. The molecule has 2 aromatic rings. The molecular weight excluding hydrogens is 413 g/mol. The van der Waals surface area contributed by atoms with Gasteiger partial charge < -0.3 is 15.5 Å². The van der Waals surface area contributed by atoms with E-state index in [9.17, 15) is 18.3 Å². The van der Waals surface area contributed by atoms with Gasteiger partial charge in [-0.15, -0.1) is 0 Å². The summed E-state index contributed by atoms with van der Waals surface area (Å²) in [6, 6.07) is 6.25. The van der Waals surface area contributed by atoms with Crippen LogP contribution in [0.4, 0.5) is 13.2 Å². The van der Waals surface area contributed by atoms with Crippen molar-refractivity contribution in [3.8, 4) is 5.69 Å². The molecule has 3 atom stereocenters. The fourth-order valence-electron chi connectivity index (χ4n) is 2.56. The smallest absolute Gasteiger partial charge is 0.475 e. The van der Waals surface area contributed by atoms with Crippen LogP contribution in [0, 0.1) is 0 Å². The van der Waals surface area contributed by atoms with Gasteiger partial charge in [0, 0.05) is 17.1 Å². The monoisotopic (exact) mass is 436 g/mol. The van der Waals surface area contributed by atoms with Gasteiger partial charge in [-0.1, -0.05) is 24.6 Å². The molecule has 0 aliphatic heterocycles. The number of alkyl halides is 3. The van der Waals surface area contributed by atoms with Crippen molar-refractivity contribution in [1.29, 1.82) is 0 Å². The lowest BCUT2D eigenvalue weighted by molar-refractivity contribution is -0.192. The molecule has 0 aliphatic rings. The van der Waals surface area contributed by atoms with Crippen LogP contribution < -0.4 is 5.32 Å². The molecule has 3 unspecified atom stereocenters. The molecule has 0 saturated heterocycles. The van der Waals surface area contributed by atoms with Crippen molar-refractivity contribution < 1.29 is 28.2 Å². The lowest BCUT2D eigenvalue weighted by Gasteiger charge is -2.24. The third kappa shape index (κ3) is 8.38. The second-order valence-electron chi connectivity index (χ2n) is 6.43. The summed E-state index contributed by atoms with van der Waals surface area (Å²) in [5.41, 5.74) is 1.92. The Kier molecular flexibility index (Phi) is 9.54. The predicted octanol–water partition coefficient (Wildman–Crippen LogP) is 3.75. The lowest BCUT2D eigenvalue weighted by Crippen LogP contribution is -2.33. The molecule has 3 N–H and O–H groups in total. The molecule has 0 amide bonds. The number of hydrogen-bond donors (Lipinski definition) is 3. The summed E-state index contributed by atoms with van der Waals surface area (Å²) in [6.07, 6.45) is -0.564. The van der Waals surface area contributed by atoms with E-state index in [2.05, 4.69) is 29.2 Å². The van der Waals surface area contributed by atoms with Crippen LogP contribution >= 0.6 is 11.6 Å². The highest BCUT2D eigenvalue weighted by atomic mass is 35.5. The zero-order chi connectivity index (χ0) is 22.2. The molecular formula is C18H24ClF3N4O3. The second-order valence-corrected chi connectivity index (χ2v) is 6.83. The van der Waals surface area contributed by atoms with Crippen LogP contribution in [0.15, 0.2) is 30.9 Å². The van der Waals surface area contributed by atoms with Crippen molar-refractivity contribution in [3.05, 3.63) is 41.4 Å². The van der Waals surface area contributed by atoms with Gasteiger partial charge in [0.15, 0.2) is 0 Å². The number of hydrogen-bond acceptors (Lipinski definition) is 5. The van der Waals surface area contributed by atoms with Gasteiger partial charge >= 0.3 is 12.1 Å². The zero-order valence-corrected chi connectivity index (χ0v) is 16.9. The zero-order valence-electron chi connectivity index (χ0n) is 16.2. The Labute approximate surface area is 171 Å². The minimum absolute atomic E-state index is 0.112. The first-order valence-corrected chi connectivity index (χ1v) is 9.22. The molecule has 0 bridgehead atoms. The quantitative estimate of drug-likeness (QED) is 0.611. The molecule has 29 heavy (non-hydrogen) atoms. The molecule has 11 heteroatoms. The molecule has 0 radical (unpaired) electrons. The number of carboxylic acid groups (broad SMARTS) is 1. The van der Waals surface area contributed by atoms with Crippen LogP contribution in [0.2, 0.25) is 5.02 Å². The number of nitrogens with one attached hydrogen (secondary N) is 1. The van der Waals surface area contributed by atoms with E-state index in [0.717, 1.165) is 24.1 Å². The van der Waals surface area contributed by atoms with Gasteiger partial charge in [0.05, 0.1) is 11.8 Å². The second kappa shape index (κ2) is 11.1. The van der Waals surface area contributed by atoms with Gasteiger partial charge in [-0.3, -0.25) is 0 Å². The van der Waals surface area contributed by atoms with Crippen LogP contribution in [0.1, 0.15) is 45.2 Å². The van der Waals surface area contributed by atoms with Crippen molar-refractivity contribution in [2.75, 3.05) is 0 Å². The average Bonchev–Trinajstić information content (AvgIpc) is 3.14. The van der Waals surface area contributed by atoms with Crippen LogP contribution in [0.25, 0.3) is 5.69 Å². The Balaban J connectivity index is 0.000000516. The van der Waals surface area contributed by atoms with Crippen molar-refractivity contribution >= 4 is 17.6 Å². The molecule has 1 aromatic carbocycles. The first-order valence-electron chi connectivity index (χ1n) is 8.84. The van der Waals surface area contributed by atoms with Crippen molar-refractivity contribution in [1.82, 2.24) is 20.1 Å². The topological polar surface area (TPSA) is 100 Å². The SMILES string of the molecule is CCC(CC(C)O)NC(C)c1ccc(-n2cncn2)cc1Cl.O=C(O)C(F)(F)F. The number of halogens is 4. The van der Waals surface area contributed by atoms with Crippen LogP contribution in [-0.4, -0.2) is 49.3 Å². The molecule has 2 rings (SSSR count). The Bertz CT molecular complexity index is 770. The maximum Gasteiger partial charge on any atom is 0.490 e. The highest BCUT2D eigenvalue weighted by Gasteiger charge is 2.38. The number of aliphatic carboxylic acids is 1. The summed E-state index contributed by atoms with van der Waals surface area (Å²) in [5, 5.41) is 25.0. The van der Waals surface area contributed by atoms with Gasteiger partial charge in [0.2, 0.25) is 0 Å². The number of aromatic nitrogens is 3. The lowest BCUT2D eigenvalue weighted by atomic mass is 10.0. The van der Waals surface area contributed by atoms with Gasteiger partial charge in [0.1, 0.15) is 12.7 Å². The largest absolute Gasteiger partial charge is 0.490 e. The Morgan fingerprint density at radius 3 is 2.38 bits per heavy atom. The molecule has 0 spiro atoms. The van der Waals surface area contributed by atoms with Gasteiger partial charge in [-0.2, -0.15) is 18.3 Å². The van der Waals surface area contributed by atoms with E-state index in [0.29, 0.717) is 5.02 Å². The van der Waals surface area contributed by atoms with Crippen LogP contribution in [-0.2, 0) is 4.79 Å². The average molecular weight is 437 g/mol. The fourth-order valence-corrected chi connectivity index (χ4v) is 2.90. The van der Waals surface area contributed by atoms with E-state index < -0.39 is 12.1 Å². The molecule has 0 aliphatic carbocycles. The summed E-state index contributed by atoms with van der Waals surface area (Å²) in [6.45, 7) is 6.01. The summed E-state index contributed by atoms with van der Waals surface area (Å²) < 4.78 is 33.4.